The van der Waals surface area contributed by atoms with Gasteiger partial charge >= 0.3 is 0 Å². The summed E-state index contributed by atoms with van der Waals surface area (Å²) in [5.41, 5.74) is -0.0260. The number of rotatable bonds is 3. The molecule has 104 valence electrons. The predicted octanol–water partition coefficient (Wildman–Crippen LogP) is 0.929. The third-order valence-corrected chi connectivity index (χ3v) is 4.36. The molecule has 2 aliphatic rings. The summed E-state index contributed by atoms with van der Waals surface area (Å²) in [5, 5.41) is 3.36. The van der Waals surface area contributed by atoms with Crippen LogP contribution in [-0.2, 0) is 4.79 Å². The number of nitrogens with zero attached hydrogens (tertiary/aromatic N) is 2. The van der Waals surface area contributed by atoms with Crippen molar-refractivity contribution in [3.8, 4) is 0 Å². The normalized spacial score (nSPS) is 28.6. The number of amides is 1. The summed E-state index contributed by atoms with van der Waals surface area (Å²) in [6.45, 7) is 9.36. The lowest BCUT2D eigenvalue weighted by Crippen LogP contribution is -2.59. The summed E-state index contributed by atoms with van der Waals surface area (Å²) in [6.07, 6.45) is 3.04. The molecule has 0 aromatic carbocycles. The first-order chi connectivity index (χ1) is 8.49. The molecular weight excluding hydrogens is 226 g/mol. The van der Waals surface area contributed by atoms with Crippen LogP contribution in [0.1, 0.15) is 33.1 Å². The Labute approximate surface area is 111 Å². The van der Waals surface area contributed by atoms with Gasteiger partial charge in [-0.3, -0.25) is 4.79 Å². The fraction of sp³-hybridized carbons (Fsp3) is 0.929. The molecule has 2 aliphatic heterocycles. The van der Waals surface area contributed by atoms with E-state index in [0.29, 0.717) is 5.91 Å². The van der Waals surface area contributed by atoms with Gasteiger partial charge in [0.25, 0.3) is 0 Å². The fourth-order valence-electron chi connectivity index (χ4n) is 3.17. The van der Waals surface area contributed by atoms with Crippen LogP contribution in [0, 0.1) is 5.92 Å². The van der Waals surface area contributed by atoms with Gasteiger partial charge in [-0.2, -0.15) is 0 Å². The number of likely N-dealkylation sites (tertiary alicyclic amines) is 1. The Hall–Kier alpha value is -0.610. The van der Waals surface area contributed by atoms with Crippen molar-refractivity contribution in [2.75, 3.05) is 39.8 Å². The van der Waals surface area contributed by atoms with E-state index in [0.717, 1.165) is 44.9 Å². The number of nitrogens with one attached hydrogen (secondary N) is 1. The molecule has 0 saturated carbocycles. The van der Waals surface area contributed by atoms with E-state index in [1.54, 1.807) is 0 Å². The Morgan fingerprint density at radius 2 is 2.17 bits per heavy atom. The Morgan fingerprint density at radius 1 is 1.39 bits per heavy atom. The number of piperazine rings is 1. The number of carbonyl (C=O) groups excluding carboxylic acids is 1. The van der Waals surface area contributed by atoms with E-state index < -0.39 is 0 Å². The molecule has 0 aromatic rings. The molecule has 1 unspecified atom stereocenters. The summed E-state index contributed by atoms with van der Waals surface area (Å²) in [7, 11) is 2.17. The van der Waals surface area contributed by atoms with Crippen molar-refractivity contribution in [2.45, 2.75) is 38.6 Å². The molecule has 2 rings (SSSR count). The maximum Gasteiger partial charge on any atom is 0.223 e. The van der Waals surface area contributed by atoms with Gasteiger partial charge in [0.05, 0.1) is 0 Å². The van der Waals surface area contributed by atoms with Crippen molar-refractivity contribution in [2.24, 2.45) is 5.92 Å². The molecule has 0 radical (unpaired) electrons. The highest BCUT2D eigenvalue weighted by atomic mass is 16.2. The number of hydrogen-bond acceptors (Lipinski definition) is 3. The van der Waals surface area contributed by atoms with Gasteiger partial charge in [-0.25, -0.2) is 0 Å². The molecule has 2 saturated heterocycles. The smallest absolute Gasteiger partial charge is 0.223 e. The highest BCUT2D eigenvalue weighted by molar-refractivity contribution is 5.77. The van der Waals surface area contributed by atoms with Gasteiger partial charge in [0.2, 0.25) is 5.91 Å². The molecule has 1 N–H and O–H groups in total. The molecule has 0 aromatic heterocycles. The summed E-state index contributed by atoms with van der Waals surface area (Å²) >= 11 is 0. The van der Waals surface area contributed by atoms with Crippen LogP contribution in [0.5, 0.6) is 0 Å². The van der Waals surface area contributed by atoms with Gasteiger partial charge in [-0.1, -0.05) is 0 Å². The minimum Gasteiger partial charge on any atom is -0.335 e. The van der Waals surface area contributed by atoms with Crippen LogP contribution in [0.2, 0.25) is 0 Å². The van der Waals surface area contributed by atoms with Crippen molar-refractivity contribution in [3.05, 3.63) is 0 Å². The third kappa shape index (κ3) is 3.23. The summed E-state index contributed by atoms with van der Waals surface area (Å²) < 4.78 is 0. The van der Waals surface area contributed by atoms with Crippen molar-refractivity contribution in [1.82, 2.24) is 15.1 Å². The number of hydrogen-bond donors (Lipinski definition) is 1. The highest BCUT2D eigenvalue weighted by Gasteiger charge is 2.33. The number of carbonyl (C=O) groups is 1. The lowest BCUT2D eigenvalue weighted by Gasteiger charge is -2.43. The molecule has 4 heteroatoms. The van der Waals surface area contributed by atoms with Crippen molar-refractivity contribution in [1.29, 1.82) is 0 Å². The summed E-state index contributed by atoms with van der Waals surface area (Å²) in [6, 6.07) is 0. The SMILES string of the molecule is CN1CCC(CCC(=O)N2CCNCC2(C)C)C1. The molecule has 1 atom stereocenters. The minimum absolute atomic E-state index is 0.0260. The van der Waals surface area contributed by atoms with Crippen LogP contribution in [0.25, 0.3) is 0 Å². The maximum atomic E-state index is 12.3. The zero-order valence-corrected chi connectivity index (χ0v) is 12.0. The standard InChI is InChI=1S/C14H27N3O/c1-14(2)11-15-7-9-17(14)13(18)5-4-12-6-8-16(3)10-12/h12,15H,4-11H2,1-3H3. The third-order valence-electron chi connectivity index (χ3n) is 4.36. The second kappa shape index (κ2) is 5.57. The van der Waals surface area contributed by atoms with Crippen LogP contribution in [0.4, 0.5) is 0 Å². The Morgan fingerprint density at radius 3 is 2.78 bits per heavy atom. The van der Waals surface area contributed by atoms with E-state index in [1.165, 1.54) is 13.0 Å². The summed E-state index contributed by atoms with van der Waals surface area (Å²) in [4.78, 5) is 16.8. The zero-order valence-electron chi connectivity index (χ0n) is 12.0. The first-order valence-corrected chi connectivity index (χ1v) is 7.19. The average Bonchev–Trinajstić information content (AvgIpc) is 2.71. The second-order valence-electron chi connectivity index (χ2n) is 6.49. The molecule has 2 fully saturated rings. The van der Waals surface area contributed by atoms with Crippen LogP contribution < -0.4 is 5.32 Å². The largest absolute Gasteiger partial charge is 0.335 e. The molecule has 18 heavy (non-hydrogen) atoms. The monoisotopic (exact) mass is 253 g/mol. The molecule has 0 spiro atoms. The summed E-state index contributed by atoms with van der Waals surface area (Å²) in [5.74, 6) is 1.07. The molecule has 1 amide bonds. The first-order valence-electron chi connectivity index (χ1n) is 7.19. The molecule has 4 nitrogen and oxygen atoms in total. The van der Waals surface area contributed by atoms with E-state index in [4.69, 9.17) is 0 Å². The van der Waals surface area contributed by atoms with Crippen molar-refractivity contribution < 1.29 is 4.79 Å². The van der Waals surface area contributed by atoms with E-state index in [-0.39, 0.29) is 5.54 Å². The zero-order chi connectivity index (χ0) is 13.2. The Bertz CT molecular complexity index is 303. The van der Waals surface area contributed by atoms with Gasteiger partial charge in [0.1, 0.15) is 0 Å². The van der Waals surface area contributed by atoms with Crippen LogP contribution in [0.15, 0.2) is 0 Å². The van der Waals surface area contributed by atoms with Crippen LogP contribution in [-0.4, -0.2) is 61.0 Å². The van der Waals surface area contributed by atoms with Gasteiger partial charge in [-0.15, -0.1) is 0 Å². The van der Waals surface area contributed by atoms with Crippen LogP contribution in [0.3, 0.4) is 0 Å². The Balaban J connectivity index is 1.80. The highest BCUT2D eigenvalue weighted by Crippen LogP contribution is 2.22. The van der Waals surface area contributed by atoms with E-state index in [2.05, 4.69) is 36.0 Å². The van der Waals surface area contributed by atoms with Crippen molar-refractivity contribution >= 4 is 5.91 Å². The van der Waals surface area contributed by atoms with Gasteiger partial charge in [-0.05, 0) is 46.2 Å². The quantitative estimate of drug-likeness (QED) is 0.813. The molecule has 2 heterocycles. The van der Waals surface area contributed by atoms with Crippen LogP contribution >= 0.6 is 0 Å². The Kier molecular flexibility index (Phi) is 4.28. The minimum atomic E-state index is -0.0260. The maximum absolute atomic E-state index is 12.3. The first kappa shape index (κ1) is 13.8. The van der Waals surface area contributed by atoms with E-state index in [9.17, 15) is 4.79 Å². The molecule has 0 bridgehead atoms. The molecular formula is C14H27N3O. The lowest BCUT2D eigenvalue weighted by atomic mass is 9.97. The average molecular weight is 253 g/mol. The van der Waals surface area contributed by atoms with Gasteiger partial charge in [0, 0.05) is 38.1 Å². The van der Waals surface area contributed by atoms with E-state index >= 15 is 0 Å². The lowest BCUT2D eigenvalue weighted by molar-refractivity contribution is -0.138. The van der Waals surface area contributed by atoms with Gasteiger partial charge < -0.3 is 15.1 Å². The predicted molar refractivity (Wildman–Crippen MR) is 73.5 cm³/mol. The fourth-order valence-corrected chi connectivity index (χ4v) is 3.17. The molecule has 0 aliphatic carbocycles. The second-order valence-corrected chi connectivity index (χ2v) is 6.49. The van der Waals surface area contributed by atoms with Gasteiger partial charge in [0.15, 0.2) is 0 Å². The topological polar surface area (TPSA) is 35.6 Å². The van der Waals surface area contributed by atoms with Crippen molar-refractivity contribution in [3.63, 3.8) is 0 Å². The van der Waals surface area contributed by atoms with E-state index in [1.807, 2.05) is 0 Å².